The summed E-state index contributed by atoms with van der Waals surface area (Å²) in [7, 11) is 0. The van der Waals surface area contributed by atoms with Crippen molar-refractivity contribution in [3.05, 3.63) is 552 Å². The lowest BCUT2D eigenvalue weighted by Crippen LogP contribution is -2.01. The van der Waals surface area contributed by atoms with E-state index in [2.05, 4.69) is 528 Å². The summed E-state index contributed by atoms with van der Waals surface area (Å²) in [5, 5.41) is 16.8. The van der Waals surface area contributed by atoms with Gasteiger partial charge < -0.3 is 0 Å². The number of aromatic nitrogens is 9. The van der Waals surface area contributed by atoms with Crippen LogP contribution in [0.1, 0.15) is 0 Å². The molecule has 27 aromatic rings. The van der Waals surface area contributed by atoms with Gasteiger partial charge in [-0.15, -0.1) is 0 Å². The van der Waals surface area contributed by atoms with Gasteiger partial charge in [0.2, 0.25) is 0 Å². The molecule has 0 saturated heterocycles. The Labute approximate surface area is 857 Å². The summed E-state index contributed by atoms with van der Waals surface area (Å²) in [4.78, 5) is 46.1. The Kier molecular flexibility index (Phi) is 24.3. The van der Waals surface area contributed by atoms with Crippen molar-refractivity contribution >= 4 is 75.4 Å². The molecule has 0 aliphatic heterocycles. The number of nitrogens with zero attached hydrogens (tertiary/aromatic N) is 9. The van der Waals surface area contributed by atoms with Gasteiger partial charge in [-0.2, -0.15) is 0 Å². The van der Waals surface area contributed by atoms with Crippen LogP contribution in [0.3, 0.4) is 0 Å². The van der Waals surface area contributed by atoms with Crippen LogP contribution in [0.15, 0.2) is 552 Å². The average molecular weight is 1890 g/mol. The monoisotopic (exact) mass is 1890 g/mol. The predicted molar refractivity (Wildman–Crippen MR) is 614 cm³/mol. The van der Waals surface area contributed by atoms with E-state index in [1.54, 1.807) is 0 Å². The van der Waals surface area contributed by atoms with Crippen molar-refractivity contribution in [1.82, 2.24) is 44.9 Å². The first-order chi connectivity index (χ1) is 73.2. The molecule has 0 fully saturated rings. The molecule has 692 valence electrons. The first kappa shape index (κ1) is 89.5. The summed E-state index contributed by atoms with van der Waals surface area (Å²) in [6, 6.07) is 194. The normalized spacial score (nSPS) is 11.2. The molecule has 9 heteroatoms. The van der Waals surface area contributed by atoms with Gasteiger partial charge in [0.25, 0.3) is 0 Å². The Bertz CT molecular complexity index is 9120. The Balaban J connectivity index is 0.000000115. The van der Waals surface area contributed by atoms with Gasteiger partial charge in [0.15, 0.2) is 52.4 Å². The second-order valence-electron chi connectivity index (χ2n) is 37.2. The van der Waals surface area contributed by atoms with Crippen LogP contribution in [0.25, 0.3) is 267 Å². The predicted octanol–water partition coefficient (Wildman–Crippen LogP) is 36.0. The largest absolute Gasteiger partial charge is 0.208 e. The van der Waals surface area contributed by atoms with Crippen LogP contribution < -0.4 is 0 Å². The third-order valence-electron chi connectivity index (χ3n) is 27.6. The van der Waals surface area contributed by atoms with Crippen LogP contribution in [0.2, 0.25) is 0 Å². The van der Waals surface area contributed by atoms with Crippen LogP contribution in [0, 0.1) is 0 Å². The Morgan fingerprint density at radius 2 is 0.196 bits per heavy atom. The molecule has 148 heavy (non-hydrogen) atoms. The molecule has 0 radical (unpaired) electrons. The van der Waals surface area contributed by atoms with Crippen LogP contribution in [-0.4, -0.2) is 44.9 Å². The molecule has 27 rings (SSSR count). The zero-order chi connectivity index (χ0) is 98.4. The van der Waals surface area contributed by atoms with Crippen LogP contribution >= 0.6 is 0 Å². The number of fused-ring (bicyclic) bond motifs is 7. The molecule has 0 bridgehead atoms. The lowest BCUT2D eigenvalue weighted by atomic mass is 9.95. The smallest absolute Gasteiger partial charge is 0.164 e. The van der Waals surface area contributed by atoms with E-state index in [1.807, 2.05) is 24.3 Å². The summed E-state index contributed by atoms with van der Waals surface area (Å²) >= 11 is 0. The van der Waals surface area contributed by atoms with Crippen molar-refractivity contribution in [1.29, 1.82) is 0 Å². The van der Waals surface area contributed by atoms with E-state index in [0.717, 1.165) is 144 Å². The van der Waals surface area contributed by atoms with E-state index in [9.17, 15) is 0 Å². The van der Waals surface area contributed by atoms with Crippen molar-refractivity contribution in [3.63, 3.8) is 0 Å². The lowest BCUT2D eigenvalue weighted by Gasteiger charge is -2.14. The van der Waals surface area contributed by atoms with Gasteiger partial charge in [0.1, 0.15) is 0 Å². The maximum absolute atomic E-state index is 5.28. The molecule has 0 N–H and O–H groups in total. The van der Waals surface area contributed by atoms with Gasteiger partial charge in [0.05, 0.1) is 0 Å². The maximum Gasteiger partial charge on any atom is 0.164 e. The zero-order valence-corrected chi connectivity index (χ0v) is 80.6. The van der Waals surface area contributed by atoms with E-state index in [1.165, 1.54) is 70.4 Å². The van der Waals surface area contributed by atoms with E-state index >= 15 is 0 Å². The quantitative estimate of drug-likeness (QED) is 0.0879. The fourth-order valence-corrected chi connectivity index (χ4v) is 19.8. The highest BCUT2D eigenvalue weighted by Crippen LogP contribution is 2.42. The minimum atomic E-state index is 0.620. The highest BCUT2D eigenvalue weighted by molar-refractivity contribution is 5.96. The van der Waals surface area contributed by atoms with E-state index in [4.69, 9.17) is 44.9 Å². The molecule has 0 unspecified atom stereocenters. The molecule has 24 aromatic carbocycles. The standard InChI is InChI=1S/C49H33N3.2C45H29N3/c1-5-15-34(16-6-1)41-28-42(35-17-7-2-8-18-35)31-45(30-41)48-50-47(40-26-25-38-23-13-14-24-39(38)27-40)51-49(52-48)46-32-43(36-19-9-3-10-20-36)29-44(33-46)37-21-11-4-12-22-37;1-4-12-33-25-38(22-19-30(33)9-1)36-15-7-17-40(28-36)43-46-44(48-45(47-43)42-24-21-32-11-3-6-14-35(32)27-42)41-18-8-16-37(29-41)39-23-20-31-10-2-5-13-34(31)26-39;1-4-10-37-27-40(24-17-30(37)7-1)33-13-20-35(21-14-33)43-46-44(48-45(47-43)42-26-19-32-9-3-6-12-39(32)29-42)36-22-15-34(16-23-36)41-25-18-31-8-2-5-11-38(31)28-41/h1-33H;2*1-29H. The summed E-state index contributed by atoms with van der Waals surface area (Å²) in [6.07, 6.45) is 0. The molecule has 0 spiro atoms. The Hall–Kier alpha value is -19.9. The summed E-state index contributed by atoms with van der Waals surface area (Å²) in [6.45, 7) is 0. The number of rotatable bonds is 17. The molecular weight excluding hydrogens is 1800 g/mol. The molecule has 0 amide bonds. The number of benzene rings is 24. The van der Waals surface area contributed by atoms with Gasteiger partial charge in [0, 0.05) is 50.1 Å². The Morgan fingerprint density at radius 1 is 0.0676 bits per heavy atom. The van der Waals surface area contributed by atoms with Crippen LogP contribution in [-0.2, 0) is 0 Å². The molecule has 9 nitrogen and oxygen atoms in total. The molecule has 3 heterocycles. The average Bonchev–Trinajstić information content (AvgIpc) is 0.773. The summed E-state index contributed by atoms with van der Waals surface area (Å²) in [5.74, 6) is 5.74. The summed E-state index contributed by atoms with van der Waals surface area (Å²) in [5.41, 5.74) is 26.6. The van der Waals surface area contributed by atoms with Gasteiger partial charge in [-0.1, -0.05) is 461 Å². The number of hydrogen-bond acceptors (Lipinski definition) is 9. The molecule has 0 aliphatic carbocycles. The third kappa shape index (κ3) is 19.3. The van der Waals surface area contributed by atoms with Crippen molar-refractivity contribution < 1.29 is 0 Å². The minimum Gasteiger partial charge on any atom is -0.208 e. The van der Waals surface area contributed by atoms with Crippen molar-refractivity contribution in [2.75, 3.05) is 0 Å². The van der Waals surface area contributed by atoms with Crippen molar-refractivity contribution in [3.8, 4) is 192 Å². The van der Waals surface area contributed by atoms with E-state index in [0.29, 0.717) is 52.4 Å². The van der Waals surface area contributed by atoms with E-state index in [-0.39, 0.29) is 0 Å². The highest BCUT2D eigenvalue weighted by atomic mass is 15.1. The second kappa shape index (κ2) is 40.3. The van der Waals surface area contributed by atoms with Crippen LogP contribution in [0.5, 0.6) is 0 Å². The summed E-state index contributed by atoms with van der Waals surface area (Å²) < 4.78 is 0. The fourth-order valence-electron chi connectivity index (χ4n) is 19.8. The Morgan fingerprint density at radius 3 is 0.432 bits per heavy atom. The third-order valence-corrected chi connectivity index (χ3v) is 27.6. The molecule has 0 aliphatic rings. The topological polar surface area (TPSA) is 116 Å². The molecular formula is C139H91N9. The molecule has 0 atom stereocenters. The maximum atomic E-state index is 5.28. The van der Waals surface area contributed by atoms with Gasteiger partial charge in [-0.3, -0.25) is 0 Å². The van der Waals surface area contributed by atoms with Crippen molar-refractivity contribution in [2.45, 2.75) is 0 Å². The minimum absolute atomic E-state index is 0.620. The SMILES string of the molecule is c1cc(-c2ccc3ccccc3c2)cc(-c2nc(-c3cccc(-c4ccc5ccccc5c4)c3)nc(-c3ccc4ccccc4c3)n2)c1.c1ccc(-c2cc(-c3ccccc3)cc(-c3nc(-c4cc(-c5ccccc5)cc(-c5ccccc5)c4)nc(-c4ccc5ccccc5c4)n3)c2)cc1.c1ccc2cc(-c3ccc(-c4nc(-c5ccc(-c6ccc7ccccc7c6)cc5)nc(-c5ccc6ccccc6c5)n4)cc3)ccc2c1. The fraction of sp³-hybridized carbons (Fsp3) is 0. The molecule has 0 saturated carbocycles. The van der Waals surface area contributed by atoms with Gasteiger partial charge in [-0.05, 0) is 255 Å². The first-order valence-electron chi connectivity index (χ1n) is 49.9. The second-order valence-corrected chi connectivity index (χ2v) is 37.2. The van der Waals surface area contributed by atoms with Crippen LogP contribution in [0.4, 0.5) is 0 Å². The van der Waals surface area contributed by atoms with E-state index < -0.39 is 0 Å². The number of hydrogen-bond donors (Lipinski definition) is 0. The van der Waals surface area contributed by atoms with Gasteiger partial charge in [-0.25, -0.2) is 44.9 Å². The van der Waals surface area contributed by atoms with Gasteiger partial charge >= 0.3 is 0 Å². The highest BCUT2D eigenvalue weighted by Gasteiger charge is 2.22. The molecule has 3 aromatic heterocycles. The zero-order valence-electron chi connectivity index (χ0n) is 80.6. The first-order valence-corrected chi connectivity index (χ1v) is 49.9. The lowest BCUT2D eigenvalue weighted by molar-refractivity contribution is 1.07. The van der Waals surface area contributed by atoms with Crippen molar-refractivity contribution in [2.24, 2.45) is 0 Å².